The van der Waals surface area contributed by atoms with Crippen LogP contribution in [0.1, 0.15) is 48.7 Å². The van der Waals surface area contributed by atoms with Crippen LogP contribution in [-0.2, 0) is 11.2 Å². The van der Waals surface area contributed by atoms with Crippen LogP contribution in [0.4, 0.5) is 17.2 Å². The summed E-state index contributed by atoms with van der Waals surface area (Å²) in [7, 11) is 0. The summed E-state index contributed by atoms with van der Waals surface area (Å²) in [6.45, 7) is 9.20. The molecule has 3 aromatic carbocycles. The van der Waals surface area contributed by atoms with E-state index in [4.69, 9.17) is 9.72 Å². The Balaban J connectivity index is 0.000000527. The molecule has 4 heteroatoms. The van der Waals surface area contributed by atoms with Crippen LogP contribution < -0.4 is 9.80 Å². The summed E-state index contributed by atoms with van der Waals surface area (Å²) in [4.78, 5) is 10.2. The molecular weight excluding hydrogens is 719 g/mol. The number of benzene rings is 3. The van der Waals surface area contributed by atoms with Gasteiger partial charge < -0.3 is 14.5 Å². The first-order valence-corrected chi connectivity index (χ1v) is 20.3. The van der Waals surface area contributed by atoms with Crippen LogP contribution in [0.15, 0.2) is 205 Å². The SMILES string of the molecule is C#C.C/C=C\C(=C/C)N1c2ccc3c(c2C2=CC1C=CC=C2)N(c1cccc(C2=CC=C4OC(c5ccccc5)=CC4C=C2)n1)C/C=C\C=C(\C)C3.Cc1ccccc1. The molecule has 0 radical (unpaired) electrons. The van der Waals surface area contributed by atoms with Crippen LogP contribution in [0.25, 0.3) is 16.9 Å². The first-order valence-electron chi connectivity index (χ1n) is 20.3. The number of rotatable bonds is 5. The lowest BCUT2D eigenvalue weighted by Crippen LogP contribution is -2.35. The number of anilines is 3. The highest BCUT2D eigenvalue weighted by Gasteiger charge is 2.32. The van der Waals surface area contributed by atoms with Crippen molar-refractivity contribution in [2.75, 3.05) is 16.3 Å². The van der Waals surface area contributed by atoms with Gasteiger partial charge in [0.15, 0.2) is 0 Å². The number of hydrogen-bond acceptors (Lipinski definition) is 4. The fourth-order valence-corrected chi connectivity index (χ4v) is 7.94. The van der Waals surface area contributed by atoms with Crippen molar-refractivity contribution in [1.82, 2.24) is 4.98 Å². The third-order valence-electron chi connectivity index (χ3n) is 10.7. The van der Waals surface area contributed by atoms with Crippen molar-refractivity contribution in [2.24, 2.45) is 5.92 Å². The minimum absolute atomic E-state index is 0.0892. The van der Waals surface area contributed by atoms with Crippen LogP contribution in [0.3, 0.4) is 0 Å². The van der Waals surface area contributed by atoms with Gasteiger partial charge in [0.1, 0.15) is 17.3 Å². The van der Waals surface area contributed by atoms with Crippen molar-refractivity contribution in [3.05, 3.63) is 233 Å². The number of aryl methyl sites for hydroxylation is 1. The average molecular weight is 770 g/mol. The van der Waals surface area contributed by atoms with E-state index in [0.717, 1.165) is 40.6 Å². The molecule has 0 saturated carbocycles. The van der Waals surface area contributed by atoms with E-state index in [1.165, 1.54) is 44.9 Å². The van der Waals surface area contributed by atoms with Gasteiger partial charge in [0.2, 0.25) is 0 Å². The number of aromatic nitrogens is 1. The summed E-state index contributed by atoms with van der Waals surface area (Å²) in [5.41, 5.74) is 13.1. The van der Waals surface area contributed by atoms with Gasteiger partial charge >= 0.3 is 0 Å². The van der Waals surface area contributed by atoms with Crippen molar-refractivity contribution >= 4 is 34.1 Å². The number of fused-ring (bicyclic) bond motifs is 6. The highest BCUT2D eigenvalue weighted by molar-refractivity contribution is 5.97. The minimum Gasteiger partial charge on any atom is -0.460 e. The van der Waals surface area contributed by atoms with Gasteiger partial charge in [0.05, 0.1) is 29.0 Å². The molecule has 4 heterocycles. The Morgan fingerprint density at radius 1 is 0.780 bits per heavy atom. The van der Waals surface area contributed by atoms with Gasteiger partial charge in [-0.2, -0.15) is 0 Å². The molecule has 3 aliphatic heterocycles. The quantitative estimate of drug-likeness (QED) is 0.149. The van der Waals surface area contributed by atoms with Gasteiger partial charge in [-0.15, -0.1) is 12.8 Å². The molecule has 2 unspecified atom stereocenters. The fourth-order valence-electron chi connectivity index (χ4n) is 7.94. The number of pyridine rings is 1. The summed E-state index contributed by atoms with van der Waals surface area (Å²) in [6.07, 6.45) is 44.1. The Morgan fingerprint density at radius 2 is 1.58 bits per heavy atom. The van der Waals surface area contributed by atoms with E-state index in [2.05, 4.69) is 202 Å². The Morgan fingerprint density at radius 3 is 2.32 bits per heavy atom. The zero-order valence-electron chi connectivity index (χ0n) is 34.4. The lowest BCUT2D eigenvalue weighted by Gasteiger charge is -2.39. The van der Waals surface area contributed by atoms with Gasteiger partial charge in [-0.3, -0.25) is 0 Å². The van der Waals surface area contributed by atoms with Crippen molar-refractivity contribution in [3.63, 3.8) is 0 Å². The molecule has 0 spiro atoms. The topological polar surface area (TPSA) is 28.6 Å². The molecule has 0 saturated heterocycles. The van der Waals surface area contributed by atoms with Crippen LogP contribution >= 0.6 is 0 Å². The minimum atomic E-state index is 0.0892. The smallest absolute Gasteiger partial charge is 0.133 e. The monoisotopic (exact) mass is 769 g/mol. The van der Waals surface area contributed by atoms with Crippen molar-refractivity contribution < 1.29 is 4.74 Å². The molecule has 0 amide bonds. The van der Waals surface area contributed by atoms with E-state index in [1.54, 1.807) is 0 Å². The second-order valence-electron chi connectivity index (χ2n) is 14.7. The third-order valence-corrected chi connectivity index (χ3v) is 10.7. The van der Waals surface area contributed by atoms with Crippen molar-refractivity contribution in [1.29, 1.82) is 0 Å². The molecule has 292 valence electrons. The molecular formula is C55H51N3O. The van der Waals surface area contributed by atoms with Crippen molar-refractivity contribution in [3.8, 4) is 12.8 Å². The number of terminal acetylenes is 1. The maximum Gasteiger partial charge on any atom is 0.133 e. The number of allylic oxidation sites excluding steroid dienone is 15. The van der Waals surface area contributed by atoms with Gasteiger partial charge in [-0.25, -0.2) is 4.98 Å². The van der Waals surface area contributed by atoms with Crippen molar-refractivity contribution in [2.45, 2.75) is 40.2 Å². The average Bonchev–Trinajstić information content (AvgIpc) is 3.47. The largest absolute Gasteiger partial charge is 0.460 e. The predicted octanol–water partition coefficient (Wildman–Crippen LogP) is 13.2. The van der Waals surface area contributed by atoms with Gasteiger partial charge in [-0.1, -0.05) is 151 Å². The summed E-state index contributed by atoms with van der Waals surface area (Å²) >= 11 is 0. The first kappa shape index (κ1) is 40.1. The van der Waals surface area contributed by atoms with Crippen LogP contribution in [-0.4, -0.2) is 17.6 Å². The number of nitrogens with zero attached hydrogens (tertiary/aromatic N) is 3. The van der Waals surface area contributed by atoms with E-state index in [1.807, 2.05) is 36.4 Å². The molecule has 4 nitrogen and oxygen atoms in total. The maximum absolute atomic E-state index is 6.32. The van der Waals surface area contributed by atoms with E-state index in [-0.39, 0.29) is 12.0 Å². The molecule has 0 N–H and O–H groups in total. The molecule has 1 aromatic heterocycles. The first-order chi connectivity index (χ1) is 29.0. The molecule has 0 fully saturated rings. The lowest BCUT2D eigenvalue weighted by molar-refractivity contribution is 0.381. The van der Waals surface area contributed by atoms with E-state index >= 15 is 0 Å². The Hall–Kier alpha value is -7.09. The summed E-state index contributed by atoms with van der Waals surface area (Å²) in [5, 5.41) is 0. The maximum atomic E-state index is 6.32. The number of hydrogen-bond donors (Lipinski definition) is 0. The van der Waals surface area contributed by atoms with E-state index in [9.17, 15) is 0 Å². The van der Waals surface area contributed by atoms with Gasteiger partial charge in [0.25, 0.3) is 0 Å². The molecule has 2 aliphatic carbocycles. The van der Waals surface area contributed by atoms with Gasteiger partial charge in [0, 0.05) is 28.9 Å². The van der Waals surface area contributed by atoms with Crippen LogP contribution in [0, 0.1) is 25.7 Å². The lowest BCUT2D eigenvalue weighted by atomic mass is 9.89. The molecule has 4 aromatic rings. The van der Waals surface area contributed by atoms with Crippen LogP contribution in [0.2, 0.25) is 0 Å². The summed E-state index contributed by atoms with van der Waals surface area (Å²) < 4.78 is 6.32. The fraction of sp³-hybridized carbons (Fsp3) is 0.145. The Kier molecular flexibility index (Phi) is 12.9. The molecule has 2 bridgehead atoms. The molecule has 5 aliphatic rings. The normalized spacial score (nSPS) is 20.2. The highest BCUT2D eigenvalue weighted by atomic mass is 16.5. The Labute approximate surface area is 351 Å². The predicted molar refractivity (Wildman–Crippen MR) is 251 cm³/mol. The van der Waals surface area contributed by atoms with Crippen LogP contribution in [0.5, 0.6) is 0 Å². The van der Waals surface area contributed by atoms with Gasteiger partial charge in [-0.05, 0) is 93.8 Å². The zero-order chi connectivity index (χ0) is 41.1. The molecule has 59 heavy (non-hydrogen) atoms. The molecule has 9 rings (SSSR count). The summed E-state index contributed by atoms with van der Waals surface area (Å²) in [6, 6.07) is 31.7. The number of ether oxygens (including phenoxy) is 1. The van der Waals surface area contributed by atoms with E-state index in [0.29, 0.717) is 6.54 Å². The second-order valence-corrected chi connectivity index (χ2v) is 14.7. The molecule has 2 atom stereocenters. The third kappa shape index (κ3) is 8.91. The highest BCUT2D eigenvalue weighted by Crippen LogP contribution is 2.48. The Bertz CT molecular complexity index is 2530. The summed E-state index contributed by atoms with van der Waals surface area (Å²) in [5.74, 6) is 2.84. The second kappa shape index (κ2) is 18.9. The van der Waals surface area contributed by atoms with E-state index < -0.39 is 0 Å². The zero-order valence-corrected chi connectivity index (χ0v) is 34.4. The standard InChI is InChI=1S/C46H41N3O.C7H8.C2H2/c1-4-14-38(5-2)49-39-19-10-9-18-36(30-39)45-41(49)26-24-37-29-32(3)15-11-12-28-48(46(37)45)44-21-13-20-40(47-44)33-22-23-35-31-43(50-42(35)27-25-33)34-16-7-6-8-17-34;1-7-5-3-2-4-6-7;1-2/h4-27,30-31,35,39H,28-29H2,1-3H3;2-6H,1H3;1-2H/b12-11-,14-4-,32-15-,38-5+;;.